The number of carbonyl (C=O) groups excluding carboxylic acids is 2. The van der Waals surface area contributed by atoms with Crippen LogP contribution in [0, 0.1) is 0 Å². The van der Waals surface area contributed by atoms with Crippen LogP contribution in [0.15, 0.2) is 0 Å². The Labute approximate surface area is 72.3 Å². The van der Waals surface area contributed by atoms with Gasteiger partial charge in [0.1, 0.15) is 0 Å². The first-order valence-electron chi connectivity index (χ1n) is 3.83. The Bertz CT molecular complexity index is 187. The molecule has 0 unspecified atom stereocenters. The van der Waals surface area contributed by atoms with E-state index in [1.165, 1.54) is 7.11 Å². The number of ether oxygens (including phenoxy) is 1. The molecule has 0 aromatic rings. The molecular weight excluding hydrogens is 158 g/mol. The minimum atomic E-state index is -0.850. The molecule has 0 aliphatic heterocycles. The van der Waals surface area contributed by atoms with Gasteiger partial charge in [0.15, 0.2) is 0 Å². The molecule has 0 atom stereocenters. The van der Waals surface area contributed by atoms with Crippen LogP contribution >= 0.6 is 0 Å². The van der Waals surface area contributed by atoms with Gasteiger partial charge in [-0.1, -0.05) is 6.92 Å². The molecule has 0 spiro atoms. The molecule has 12 heavy (non-hydrogen) atoms. The summed E-state index contributed by atoms with van der Waals surface area (Å²) in [6.07, 6.45) is 0.760. The molecule has 0 aliphatic rings. The lowest BCUT2D eigenvalue weighted by Gasteiger charge is -2.23. The second kappa shape index (κ2) is 4.09. The summed E-state index contributed by atoms with van der Waals surface area (Å²) in [5.74, 6) is -1.54. The van der Waals surface area contributed by atoms with Crippen molar-refractivity contribution in [3.8, 4) is 0 Å². The zero-order valence-corrected chi connectivity index (χ0v) is 7.93. The molecule has 0 bridgehead atoms. The fourth-order valence-electron chi connectivity index (χ4n) is 0.539. The zero-order chi connectivity index (χ0) is 9.78. The number of hydrogen-bond donors (Lipinski definition) is 1. The molecule has 0 radical (unpaired) electrons. The van der Waals surface area contributed by atoms with Gasteiger partial charge < -0.3 is 10.1 Å². The Kier molecular flexibility index (Phi) is 3.73. The summed E-state index contributed by atoms with van der Waals surface area (Å²) < 4.78 is 4.25. The lowest BCUT2D eigenvalue weighted by atomic mass is 10.0. The highest BCUT2D eigenvalue weighted by molar-refractivity contribution is 6.32. The summed E-state index contributed by atoms with van der Waals surface area (Å²) in [7, 11) is 1.18. The van der Waals surface area contributed by atoms with E-state index in [1.54, 1.807) is 0 Å². The Hall–Kier alpha value is -1.06. The van der Waals surface area contributed by atoms with Crippen LogP contribution in [0.5, 0.6) is 0 Å². The van der Waals surface area contributed by atoms with Crippen molar-refractivity contribution >= 4 is 11.9 Å². The van der Waals surface area contributed by atoms with Crippen LogP contribution in [0.2, 0.25) is 0 Å². The predicted octanol–water partition coefficient (Wildman–Crippen LogP) is 0.464. The van der Waals surface area contributed by atoms with E-state index < -0.39 is 11.9 Å². The maximum atomic E-state index is 11.0. The molecule has 0 aromatic carbocycles. The van der Waals surface area contributed by atoms with E-state index in [-0.39, 0.29) is 5.54 Å². The van der Waals surface area contributed by atoms with Gasteiger partial charge in [0.25, 0.3) is 0 Å². The zero-order valence-electron chi connectivity index (χ0n) is 7.93. The van der Waals surface area contributed by atoms with Crippen molar-refractivity contribution in [2.24, 2.45) is 0 Å². The van der Waals surface area contributed by atoms with Crippen LogP contribution in [-0.4, -0.2) is 24.5 Å². The van der Waals surface area contributed by atoms with Crippen LogP contribution in [-0.2, 0) is 14.3 Å². The molecule has 4 nitrogen and oxygen atoms in total. The highest BCUT2D eigenvalue weighted by Crippen LogP contribution is 2.06. The number of esters is 1. The third kappa shape index (κ3) is 3.37. The van der Waals surface area contributed by atoms with E-state index in [9.17, 15) is 9.59 Å². The molecular formula is C8H15NO3. The van der Waals surface area contributed by atoms with Crippen molar-refractivity contribution < 1.29 is 14.3 Å². The normalized spacial score (nSPS) is 10.7. The number of hydrogen-bond acceptors (Lipinski definition) is 3. The summed E-state index contributed by atoms with van der Waals surface area (Å²) >= 11 is 0. The minimum Gasteiger partial charge on any atom is -0.462 e. The standard InChI is InChI=1S/C8H15NO3/c1-5-8(2,3)9-6(10)7(11)12-4/h5H2,1-4H3,(H,9,10). The largest absolute Gasteiger partial charge is 0.462 e. The Morgan fingerprint density at radius 1 is 1.42 bits per heavy atom. The maximum absolute atomic E-state index is 11.0. The molecule has 1 amide bonds. The molecule has 1 N–H and O–H groups in total. The summed E-state index contributed by atoms with van der Waals surface area (Å²) in [5, 5.41) is 2.54. The van der Waals surface area contributed by atoms with E-state index in [1.807, 2.05) is 20.8 Å². The Morgan fingerprint density at radius 3 is 2.25 bits per heavy atom. The minimum absolute atomic E-state index is 0.356. The second-order valence-electron chi connectivity index (χ2n) is 3.18. The van der Waals surface area contributed by atoms with Crippen LogP contribution in [0.25, 0.3) is 0 Å². The van der Waals surface area contributed by atoms with Gasteiger partial charge in [-0.25, -0.2) is 4.79 Å². The number of carbonyl (C=O) groups is 2. The summed E-state index contributed by atoms with van der Waals surface area (Å²) in [6, 6.07) is 0. The van der Waals surface area contributed by atoms with E-state index >= 15 is 0 Å². The molecule has 0 heterocycles. The van der Waals surface area contributed by atoms with E-state index in [2.05, 4.69) is 10.1 Å². The highest BCUT2D eigenvalue weighted by atomic mass is 16.5. The molecule has 0 rings (SSSR count). The van der Waals surface area contributed by atoms with E-state index in [0.717, 1.165) is 6.42 Å². The van der Waals surface area contributed by atoms with Crippen molar-refractivity contribution in [2.75, 3.05) is 7.11 Å². The molecule has 0 aromatic heterocycles. The monoisotopic (exact) mass is 173 g/mol. The summed E-state index contributed by atoms with van der Waals surface area (Å²) in [4.78, 5) is 21.6. The lowest BCUT2D eigenvalue weighted by Crippen LogP contribution is -2.46. The van der Waals surface area contributed by atoms with Gasteiger partial charge in [-0.15, -0.1) is 0 Å². The van der Waals surface area contributed by atoms with Crippen molar-refractivity contribution in [2.45, 2.75) is 32.7 Å². The number of amides is 1. The molecule has 0 saturated carbocycles. The summed E-state index contributed by atoms with van der Waals surface area (Å²) in [5.41, 5.74) is -0.356. The Balaban J connectivity index is 4.09. The third-order valence-electron chi connectivity index (χ3n) is 1.71. The highest BCUT2D eigenvalue weighted by Gasteiger charge is 2.22. The molecule has 0 saturated heterocycles. The summed E-state index contributed by atoms with van der Waals surface area (Å²) in [6.45, 7) is 5.61. The number of methoxy groups -OCH3 is 1. The van der Waals surface area contributed by atoms with Gasteiger partial charge in [-0.3, -0.25) is 4.79 Å². The van der Waals surface area contributed by atoms with Crippen molar-refractivity contribution in [1.29, 1.82) is 0 Å². The average Bonchev–Trinajstić information content (AvgIpc) is 2.02. The first-order chi connectivity index (χ1) is 5.43. The maximum Gasteiger partial charge on any atom is 0.396 e. The van der Waals surface area contributed by atoms with Crippen molar-refractivity contribution in [3.63, 3.8) is 0 Å². The van der Waals surface area contributed by atoms with Crippen LogP contribution in [0.1, 0.15) is 27.2 Å². The number of nitrogens with one attached hydrogen (secondary N) is 1. The van der Waals surface area contributed by atoms with Gasteiger partial charge >= 0.3 is 11.9 Å². The smallest absolute Gasteiger partial charge is 0.396 e. The molecule has 70 valence electrons. The van der Waals surface area contributed by atoms with Crippen LogP contribution in [0.4, 0.5) is 0 Å². The SMILES string of the molecule is CCC(C)(C)NC(=O)C(=O)OC. The van der Waals surface area contributed by atoms with Crippen LogP contribution in [0.3, 0.4) is 0 Å². The predicted molar refractivity (Wildman–Crippen MR) is 44.5 cm³/mol. The van der Waals surface area contributed by atoms with E-state index in [4.69, 9.17) is 0 Å². The lowest BCUT2D eigenvalue weighted by molar-refractivity contribution is -0.153. The third-order valence-corrected chi connectivity index (χ3v) is 1.71. The average molecular weight is 173 g/mol. The molecule has 0 aliphatic carbocycles. The van der Waals surface area contributed by atoms with Crippen molar-refractivity contribution in [3.05, 3.63) is 0 Å². The first kappa shape index (κ1) is 10.9. The molecule has 4 heteroatoms. The van der Waals surface area contributed by atoms with Gasteiger partial charge in [0.05, 0.1) is 7.11 Å². The second-order valence-corrected chi connectivity index (χ2v) is 3.18. The van der Waals surface area contributed by atoms with E-state index in [0.29, 0.717) is 0 Å². The van der Waals surface area contributed by atoms with Gasteiger partial charge in [-0.05, 0) is 20.3 Å². The molecule has 0 fully saturated rings. The fourth-order valence-corrected chi connectivity index (χ4v) is 0.539. The number of rotatable bonds is 2. The quantitative estimate of drug-likeness (QED) is 0.487. The van der Waals surface area contributed by atoms with Gasteiger partial charge in [0.2, 0.25) is 0 Å². The van der Waals surface area contributed by atoms with Gasteiger partial charge in [-0.2, -0.15) is 0 Å². The topological polar surface area (TPSA) is 55.4 Å². The first-order valence-corrected chi connectivity index (χ1v) is 3.83. The van der Waals surface area contributed by atoms with Crippen molar-refractivity contribution in [1.82, 2.24) is 5.32 Å². The Morgan fingerprint density at radius 2 is 1.92 bits per heavy atom. The van der Waals surface area contributed by atoms with Gasteiger partial charge in [0, 0.05) is 5.54 Å². The van der Waals surface area contributed by atoms with Crippen LogP contribution < -0.4 is 5.32 Å². The fraction of sp³-hybridized carbons (Fsp3) is 0.750.